The standard InChI is InChI=1S/C19H18N6O2/c1-12-17-16(27-19-22-9-14(20)10-23-19)7-8-21-18(17)25(24-12)11-13-3-5-15(26-2)6-4-13/h3-10H,11,20H2,1-2H3. The van der Waals surface area contributed by atoms with E-state index in [-0.39, 0.29) is 6.01 Å². The summed E-state index contributed by atoms with van der Waals surface area (Å²) in [7, 11) is 1.65. The number of pyridine rings is 1. The summed E-state index contributed by atoms with van der Waals surface area (Å²) in [5.74, 6) is 1.42. The largest absolute Gasteiger partial charge is 0.497 e. The third kappa shape index (κ3) is 3.37. The summed E-state index contributed by atoms with van der Waals surface area (Å²) in [6, 6.07) is 9.85. The number of hydrogen-bond donors (Lipinski definition) is 1. The van der Waals surface area contributed by atoms with Gasteiger partial charge in [0.15, 0.2) is 5.65 Å². The maximum atomic E-state index is 5.83. The minimum absolute atomic E-state index is 0.221. The number of anilines is 1. The average molecular weight is 362 g/mol. The third-order valence-electron chi connectivity index (χ3n) is 4.11. The number of ether oxygens (including phenoxy) is 2. The smallest absolute Gasteiger partial charge is 0.322 e. The number of aryl methyl sites for hydroxylation is 1. The van der Waals surface area contributed by atoms with Crippen molar-refractivity contribution in [3.05, 3.63) is 60.2 Å². The fourth-order valence-corrected chi connectivity index (χ4v) is 2.82. The first-order valence-electron chi connectivity index (χ1n) is 8.34. The summed E-state index contributed by atoms with van der Waals surface area (Å²) in [4.78, 5) is 12.6. The summed E-state index contributed by atoms with van der Waals surface area (Å²) in [5.41, 5.74) is 8.74. The normalized spacial score (nSPS) is 10.9. The molecule has 3 heterocycles. The molecule has 0 bridgehead atoms. The Balaban J connectivity index is 1.68. The number of nitrogen functional groups attached to an aromatic ring is 1. The van der Waals surface area contributed by atoms with E-state index in [0.717, 1.165) is 28.0 Å². The Morgan fingerprint density at radius 3 is 2.48 bits per heavy atom. The van der Waals surface area contributed by atoms with Gasteiger partial charge in [-0.05, 0) is 24.6 Å². The molecule has 0 saturated heterocycles. The van der Waals surface area contributed by atoms with Gasteiger partial charge in [0.2, 0.25) is 0 Å². The molecule has 0 aliphatic carbocycles. The molecule has 8 nitrogen and oxygen atoms in total. The van der Waals surface area contributed by atoms with Gasteiger partial charge in [-0.3, -0.25) is 0 Å². The highest BCUT2D eigenvalue weighted by Crippen LogP contribution is 2.30. The second kappa shape index (κ2) is 6.91. The number of aromatic nitrogens is 5. The SMILES string of the molecule is COc1ccc(Cn2nc(C)c3c(Oc4ncc(N)cn4)ccnc32)cc1. The van der Waals surface area contributed by atoms with E-state index >= 15 is 0 Å². The van der Waals surface area contributed by atoms with Crippen LogP contribution in [0.3, 0.4) is 0 Å². The van der Waals surface area contributed by atoms with E-state index in [9.17, 15) is 0 Å². The molecule has 0 saturated carbocycles. The van der Waals surface area contributed by atoms with Gasteiger partial charge >= 0.3 is 6.01 Å². The second-order valence-electron chi connectivity index (χ2n) is 6.00. The third-order valence-corrected chi connectivity index (χ3v) is 4.11. The van der Waals surface area contributed by atoms with Crippen LogP contribution in [-0.2, 0) is 6.54 Å². The number of nitrogens with two attached hydrogens (primary N) is 1. The van der Waals surface area contributed by atoms with Gasteiger partial charge in [0.05, 0.1) is 42.8 Å². The van der Waals surface area contributed by atoms with Crippen molar-refractivity contribution in [3.63, 3.8) is 0 Å². The molecule has 0 fully saturated rings. The van der Waals surface area contributed by atoms with Crippen molar-refractivity contribution in [2.24, 2.45) is 0 Å². The first-order chi connectivity index (χ1) is 13.1. The van der Waals surface area contributed by atoms with Gasteiger partial charge in [-0.2, -0.15) is 5.10 Å². The monoisotopic (exact) mass is 362 g/mol. The number of methoxy groups -OCH3 is 1. The van der Waals surface area contributed by atoms with Crippen LogP contribution < -0.4 is 15.2 Å². The Labute approximate surface area is 155 Å². The molecule has 3 aromatic heterocycles. The predicted octanol–water partition coefficient (Wildman–Crippen LogP) is 2.96. The van der Waals surface area contributed by atoms with Crippen molar-refractivity contribution in [3.8, 4) is 17.5 Å². The van der Waals surface area contributed by atoms with E-state index in [1.807, 2.05) is 35.9 Å². The van der Waals surface area contributed by atoms with Crippen molar-refractivity contribution in [2.75, 3.05) is 12.8 Å². The van der Waals surface area contributed by atoms with Gasteiger partial charge in [0.25, 0.3) is 0 Å². The van der Waals surface area contributed by atoms with Gasteiger partial charge in [-0.1, -0.05) is 12.1 Å². The summed E-state index contributed by atoms with van der Waals surface area (Å²) in [6.45, 7) is 2.51. The van der Waals surface area contributed by atoms with Crippen LogP contribution in [0.2, 0.25) is 0 Å². The maximum Gasteiger partial charge on any atom is 0.322 e. The number of benzene rings is 1. The first kappa shape index (κ1) is 16.8. The Morgan fingerprint density at radius 2 is 1.78 bits per heavy atom. The fourth-order valence-electron chi connectivity index (χ4n) is 2.82. The van der Waals surface area contributed by atoms with E-state index in [1.165, 1.54) is 12.4 Å². The van der Waals surface area contributed by atoms with Crippen LogP contribution in [0.5, 0.6) is 17.5 Å². The fraction of sp³-hybridized carbons (Fsp3) is 0.158. The molecule has 4 rings (SSSR count). The summed E-state index contributed by atoms with van der Waals surface area (Å²) in [5, 5.41) is 5.45. The topological polar surface area (TPSA) is 101 Å². The lowest BCUT2D eigenvalue weighted by Crippen LogP contribution is -2.03. The van der Waals surface area contributed by atoms with Gasteiger partial charge in [-0.25, -0.2) is 19.6 Å². The van der Waals surface area contributed by atoms with Crippen LogP contribution >= 0.6 is 0 Å². The highest BCUT2D eigenvalue weighted by atomic mass is 16.5. The van der Waals surface area contributed by atoms with Gasteiger partial charge in [0.1, 0.15) is 11.5 Å². The van der Waals surface area contributed by atoms with Crippen LogP contribution in [0.1, 0.15) is 11.3 Å². The molecule has 0 atom stereocenters. The highest BCUT2D eigenvalue weighted by Gasteiger charge is 2.15. The molecule has 0 amide bonds. The first-order valence-corrected chi connectivity index (χ1v) is 8.34. The lowest BCUT2D eigenvalue weighted by molar-refractivity contribution is 0.414. The van der Waals surface area contributed by atoms with Crippen LogP contribution in [0.25, 0.3) is 11.0 Å². The molecule has 136 valence electrons. The predicted molar refractivity (Wildman–Crippen MR) is 101 cm³/mol. The molecule has 0 radical (unpaired) electrons. The number of rotatable bonds is 5. The molecule has 27 heavy (non-hydrogen) atoms. The quantitative estimate of drug-likeness (QED) is 0.582. The van der Waals surface area contributed by atoms with Gasteiger partial charge in [-0.15, -0.1) is 0 Å². The average Bonchev–Trinajstić information content (AvgIpc) is 3.01. The maximum absolute atomic E-state index is 5.83. The molecule has 8 heteroatoms. The molecule has 0 aliphatic rings. The summed E-state index contributed by atoms with van der Waals surface area (Å²) in [6.07, 6.45) is 4.68. The van der Waals surface area contributed by atoms with Crippen molar-refractivity contribution in [1.29, 1.82) is 0 Å². The minimum Gasteiger partial charge on any atom is -0.497 e. The van der Waals surface area contributed by atoms with Crippen LogP contribution in [-0.4, -0.2) is 31.8 Å². The second-order valence-corrected chi connectivity index (χ2v) is 6.00. The van der Waals surface area contributed by atoms with Crippen LogP contribution in [0.15, 0.2) is 48.9 Å². The van der Waals surface area contributed by atoms with E-state index in [0.29, 0.717) is 18.0 Å². The molecule has 2 N–H and O–H groups in total. The Bertz CT molecular complexity index is 1070. The zero-order chi connectivity index (χ0) is 18.8. The van der Waals surface area contributed by atoms with E-state index < -0.39 is 0 Å². The Morgan fingerprint density at radius 1 is 1.04 bits per heavy atom. The van der Waals surface area contributed by atoms with Crippen LogP contribution in [0, 0.1) is 6.92 Å². The minimum atomic E-state index is 0.221. The van der Waals surface area contributed by atoms with Crippen LogP contribution in [0.4, 0.5) is 5.69 Å². The van der Waals surface area contributed by atoms with Crippen molar-refractivity contribution < 1.29 is 9.47 Å². The molecule has 0 unspecified atom stereocenters. The molecule has 0 spiro atoms. The molecule has 1 aromatic carbocycles. The Kier molecular flexibility index (Phi) is 4.29. The molecule has 4 aromatic rings. The van der Waals surface area contributed by atoms with Crippen molar-refractivity contribution in [2.45, 2.75) is 13.5 Å². The lowest BCUT2D eigenvalue weighted by atomic mass is 10.2. The number of fused-ring (bicyclic) bond motifs is 1. The van der Waals surface area contributed by atoms with E-state index in [1.54, 1.807) is 19.4 Å². The van der Waals surface area contributed by atoms with Gasteiger partial charge < -0.3 is 15.2 Å². The van der Waals surface area contributed by atoms with E-state index in [2.05, 4.69) is 20.1 Å². The molecule has 0 aliphatic heterocycles. The van der Waals surface area contributed by atoms with Crippen molar-refractivity contribution in [1.82, 2.24) is 24.7 Å². The number of nitrogens with zero attached hydrogens (tertiary/aromatic N) is 5. The summed E-state index contributed by atoms with van der Waals surface area (Å²) >= 11 is 0. The van der Waals surface area contributed by atoms with E-state index in [4.69, 9.17) is 15.2 Å². The number of hydrogen-bond acceptors (Lipinski definition) is 7. The highest BCUT2D eigenvalue weighted by molar-refractivity contribution is 5.85. The summed E-state index contributed by atoms with van der Waals surface area (Å²) < 4.78 is 12.9. The zero-order valence-electron chi connectivity index (χ0n) is 15.0. The molecular formula is C19H18N6O2. The van der Waals surface area contributed by atoms with Gasteiger partial charge in [0, 0.05) is 12.3 Å². The molecular weight excluding hydrogens is 344 g/mol. The Hall–Kier alpha value is -3.68. The lowest BCUT2D eigenvalue weighted by Gasteiger charge is -2.07. The zero-order valence-corrected chi connectivity index (χ0v) is 15.0. The van der Waals surface area contributed by atoms with Crippen molar-refractivity contribution >= 4 is 16.7 Å².